The van der Waals surface area contributed by atoms with E-state index in [4.69, 9.17) is 9.15 Å². The number of furan rings is 1. The molecular formula is C27H19BrN2O3. The van der Waals surface area contributed by atoms with Crippen LogP contribution in [0.3, 0.4) is 0 Å². The summed E-state index contributed by atoms with van der Waals surface area (Å²) in [6.07, 6.45) is 1.57. The lowest BCUT2D eigenvalue weighted by molar-refractivity contribution is 0.0929. The molecule has 1 heterocycles. The van der Waals surface area contributed by atoms with Gasteiger partial charge in [-0.15, -0.1) is 0 Å². The highest BCUT2D eigenvalue weighted by Gasteiger charge is 2.11. The molecular weight excluding hydrogens is 480 g/mol. The van der Waals surface area contributed by atoms with Crippen LogP contribution in [0.2, 0.25) is 0 Å². The van der Waals surface area contributed by atoms with Gasteiger partial charge < -0.3 is 9.15 Å². The molecule has 0 fully saturated rings. The minimum atomic E-state index is -0.408. The van der Waals surface area contributed by atoms with Crippen LogP contribution in [-0.2, 0) is 6.61 Å². The van der Waals surface area contributed by atoms with Crippen LogP contribution in [0.1, 0.15) is 21.7 Å². The van der Waals surface area contributed by atoms with E-state index in [-0.39, 0.29) is 5.76 Å². The van der Waals surface area contributed by atoms with Gasteiger partial charge in [-0.05, 0) is 76.5 Å². The first kappa shape index (κ1) is 21.0. The predicted octanol–water partition coefficient (Wildman–Crippen LogP) is 6.69. The van der Waals surface area contributed by atoms with Crippen molar-refractivity contribution in [2.24, 2.45) is 5.10 Å². The number of halogens is 1. The van der Waals surface area contributed by atoms with Crippen LogP contribution in [-0.4, -0.2) is 12.1 Å². The second kappa shape index (κ2) is 9.30. The molecule has 6 heteroatoms. The smallest absolute Gasteiger partial charge is 0.307 e. The van der Waals surface area contributed by atoms with Crippen LogP contribution >= 0.6 is 15.9 Å². The molecule has 0 aliphatic rings. The van der Waals surface area contributed by atoms with Gasteiger partial charge in [-0.1, -0.05) is 52.3 Å². The number of ether oxygens (including phenoxy) is 1. The minimum absolute atomic E-state index is 0.206. The van der Waals surface area contributed by atoms with Crippen molar-refractivity contribution < 1.29 is 13.9 Å². The molecule has 0 spiro atoms. The van der Waals surface area contributed by atoms with Crippen molar-refractivity contribution in [3.05, 3.63) is 112 Å². The van der Waals surface area contributed by atoms with Crippen LogP contribution in [0.5, 0.6) is 5.75 Å². The van der Waals surface area contributed by atoms with Crippen LogP contribution in [0, 0.1) is 0 Å². The van der Waals surface area contributed by atoms with Crippen LogP contribution in [0.4, 0.5) is 0 Å². The number of hydrogen-bond donors (Lipinski definition) is 1. The number of hydrogen-bond acceptors (Lipinski definition) is 4. The number of benzene rings is 4. The number of amides is 1. The van der Waals surface area contributed by atoms with Gasteiger partial charge in [0.05, 0.1) is 6.21 Å². The number of nitrogens with zero attached hydrogens (tertiary/aromatic N) is 1. The molecule has 162 valence electrons. The van der Waals surface area contributed by atoms with Crippen molar-refractivity contribution in [1.82, 2.24) is 5.43 Å². The summed E-state index contributed by atoms with van der Waals surface area (Å²) in [5, 5.41) is 7.28. The molecule has 4 aromatic carbocycles. The van der Waals surface area contributed by atoms with E-state index in [0.717, 1.165) is 26.7 Å². The van der Waals surface area contributed by atoms with E-state index in [1.807, 2.05) is 54.6 Å². The maximum Gasteiger partial charge on any atom is 0.307 e. The Bertz CT molecular complexity index is 1470. The summed E-state index contributed by atoms with van der Waals surface area (Å²) in [5.41, 5.74) is 5.08. The monoisotopic (exact) mass is 498 g/mol. The molecule has 0 atom stereocenters. The first-order valence-electron chi connectivity index (χ1n) is 10.4. The fraction of sp³-hybridized carbons (Fsp3) is 0.0370. The molecule has 0 unspecified atom stereocenters. The zero-order chi connectivity index (χ0) is 22.6. The van der Waals surface area contributed by atoms with Crippen LogP contribution in [0.15, 0.2) is 105 Å². The van der Waals surface area contributed by atoms with Crippen LogP contribution < -0.4 is 10.2 Å². The molecule has 33 heavy (non-hydrogen) atoms. The van der Waals surface area contributed by atoms with Gasteiger partial charge in [0, 0.05) is 9.86 Å². The van der Waals surface area contributed by atoms with Gasteiger partial charge in [0.1, 0.15) is 17.9 Å². The van der Waals surface area contributed by atoms with Gasteiger partial charge in [0.2, 0.25) is 0 Å². The minimum Gasteiger partial charge on any atom is -0.489 e. The molecule has 0 aliphatic carbocycles. The first-order valence-corrected chi connectivity index (χ1v) is 11.2. The first-order chi connectivity index (χ1) is 16.1. The third-order valence-corrected chi connectivity index (χ3v) is 5.67. The molecule has 0 aliphatic heterocycles. The predicted molar refractivity (Wildman–Crippen MR) is 134 cm³/mol. The van der Waals surface area contributed by atoms with E-state index >= 15 is 0 Å². The zero-order valence-corrected chi connectivity index (χ0v) is 19.1. The number of carbonyl (C=O) groups is 1. The third kappa shape index (κ3) is 4.96. The maximum absolute atomic E-state index is 12.3. The highest BCUT2D eigenvalue weighted by molar-refractivity contribution is 9.10. The highest BCUT2D eigenvalue weighted by atomic mass is 79.9. The van der Waals surface area contributed by atoms with Gasteiger partial charge in [-0.3, -0.25) is 4.79 Å². The average molecular weight is 499 g/mol. The summed E-state index contributed by atoms with van der Waals surface area (Å²) in [5.74, 6) is 0.560. The second-order valence-corrected chi connectivity index (χ2v) is 8.45. The molecule has 5 nitrogen and oxygen atoms in total. The third-order valence-electron chi connectivity index (χ3n) is 5.18. The summed E-state index contributed by atoms with van der Waals surface area (Å²) in [6, 6.07) is 29.3. The molecule has 5 aromatic rings. The Balaban J connectivity index is 1.17. The molecule has 0 bridgehead atoms. The van der Waals surface area contributed by atoms with Gasteiger partial charge in [-0.25, -0.2) is 5.43 Å². The summed E-state index contributed by atoms with van der Waals surface area (Å²) in [6.45, 7) is 0.488. The standard InChI is InChI=1S/C27H19BrN2O3/c28-23-9-12-25-22(14-23)15-26(33-25)27(31)30-29-16-18-6-10-24(11-7-18)32-17-19-5-8-20-3-1-2-4-21(20)13-19/h1-16H,17H2,(H,30,31)/b29-16+. The second-order valence-electron chi connectivity index (χ2n) is 7.53. The van der Waals surface area contributed by atoms with E-state index in [1.54, 1.807) is 12.3 Å². The van der Waals surface area contributed by atoms with E-state index in [2.05, 4.69) is 56.8 Å². The largest absolute Gasteiger partial charge is 0.489 e. The normalized spacial score (nSPS) is 11.3. The maximum atomic E-state index is 12.3. The van der Waals surface area contributed by atoms with Crippen molar-refractivity contribution >= 4 is 49.8 Å². The number of fused-ring (bicyclic) bond motifs is 2. The molecule has 0 saturated carbocycles. The van der Waals surface area contributed by atoms with Gasteiger partial charge in [0.15, 0.2) is 5.76 Å². The Morgan fingerprint density at radius 1 is 0.909 bits per heavy atom. The molecule has 0 saturated heterocycles. The van der Waals surface area contributed by atoms with E-state index in [9.17, 15) is 4.79 Å². The number of carbonyl (C=O) groups excluding carboxylic acids is 1. The van der Waals surface area contributed by atoms with Gasteiger partial charge in [0.25, 0.3) is 0 Å². The van der Waals surface area contributed by atoms with Crippen LogP contribution in [0.25, 0.3) is 21.7 Å². The lowest BCUT2D eigenvalue weighted by atomic mass is 10.1. The van der Waals surface area contributed by atoms with Crippen molar-refractivity contribution in [3.8, 4) is 5.75 Å². The fourth-order valence-corrected chi connectivity index (χ4v) is 3.87. The quantitative estimate of drug-likeness (QED) is 0.209. The van der Waals surface area contributed by atoms with Crippen molar-refractivity contribution in [3.63, 3.8) is 0 Å². The fourth-order valence-electron chi connectivity index (χ4n) is 3.49. The van der Waals surface area contributed by atoms with Gasteiger partial charge >= 0.3 is 5.91 Å². The molecule has 0 radical (unpaired) electrons. The van der Waals surface area contributed by atoms with E-state index < -0.39 is 5.91 Å². The lowest BCUT2D eigenvalue weighted by Crippen LogP contribution is -2.16. The van der Waals surface area contributed by atoms with E-state index in [0.29, 0.717) is 12.2 Å². The van der Waals surface area contributed by atoms with E-state index in [1.165, 1.54) is 10.8 Å². The van der Waals surface area contributed by atoms with Crippen molar-refractivity contribution in [2.75, 3.05) is 0 Å². The molecule has 5 rings (SSSR count). The molecule has 1 N–H and O–H groups in total. The number of rotatable bonds is 6. The molecule has 1 amide bonds. The zero-order valence-electron chi connectivity index (χ0n) is 17.5. The number of nitrogens with one attached hydrogen (secondary N) is 1. The Morgan fingerprint density at radius 2 is 1.73 bits per heavy atom. The highest BCUT2D eigenvalue weighted by Crippen LogP contribution is 2.23. The Hall–Kier alpha value is -3.90. The van der Waals surface area contributed by atoms with Gasteiger partial charge in [-0.2, -0.15) is 5.10 Å². The summed E-state index contributed by atoms with van der Waals surface area (Å²) in [7, 11) is 0. The Labute approximate surface area is 198 Å². The molecule has 1 aromatic heterocycles. The average Bonchev–Trinajstić information content (AvgIpc) is 3.27. The van der Waals surface area contributed by atoms with Crippen molar-refractivity contribution in [1.29, 1.82) is 0 Å². The SMILES string of the molecule is O=C(N/N=C/c1ccc(OCc2ccc3ccccc3c2)cc1)c1cc2cc(Br)ccc2o1. The topological polar surface area (TPSA) is 63.8 Å². The summed E-state index contributed by atoms with van der Waals surface area (Å²) >= 11 is 3.41. The van der Waals surface area contributed by atoms with Crippen molar-refractivity contribution in [2.45, 2.75) is 6.61 Å². The number of hydrazone groups is 1. The Kier molecular flexibility index (Phi) is 5.91. The lowest BCUT2D eigenvalue weighted by Gasteiger charge is -2.07. The summed E-state index contributed by atoms with van der Waals surface area (Å²) < 4.78 is 12.4. The Morgan fingerprint density at radius 3 is 2.58 bits per heavy atom. The summed E-state index contributed by atoms with van der Waals surface area (Å²) in [4.78, 5) is 12.3.